The van der Waals surface area contributed by atoms with Crippen molar-refractivity contribution >= 4 is 10.0 Å². The minimum absolute atomic E-state index is 0.246. The van der Waals surface area contributed by atoms with Gasteiger partial charge < -0.3 is 14.0 Å². The largest absolute Gasteiger partial charge is 0.486 e. The van der Waals surface area contributed by atoms with Crippen molar-refractivity contribution in [1.29, 1.82) is 0 Å². The monoisotopic (exact) mass is 338 g/mol. The lowest BCUT2D eigenvalue weighted by Crippen LogP contribution is -2.40. The number of hydrogen-bond donors (Lipinski definition) is 0. The molecule has 0 radical (unpaired) electrons. The number of nitrogens with zero attached hydrogens (tertiary/aromatic N) is 2. The van der Waals surface area contributed by atoms with Crippen LogP contribution in [0.5, 0.6) is 5.75 Å². The summed E-state index contributed by atoms with van der Waals surface area (Å²) in [7, 11) is -3.47. The lowest BCUT2D eigenvalue weighted by molar-refractivity contribution is 0.0730. The molecule has 3 rings (SSSR count). The van der Waals surface area contributed by atoms with E-state index < -0.39 is 10.0 Å². The van der Waals surface area contributed by atoms with Crippen LogP contribution < -0.4 is 4.74 Å². The maximum Gasteiger partial charge on any atom is 0.243 e. The van der Waals surface area contributed by atoms with Gasteiger partial charge in [-0.15, -0.1) is 0 Å². The molecule has 23 heavy (non-hydrogen) atoms. The van der Waals surface area contributed by atoms with Crippen molar-refractivity contribution in [2.45, 2.75) is 18.4 Å². The first kappa shape index (κ1) is 16.0. The van der Waals surface area contributed by atoms with Crippen LogP contribution in [0.15, 0.2) is 39.8 Å². The SMILES string of the molecule is Cc1cc(COc2ccc(S(=O)(=O)N3CCOCC3)cc2)on1. The summed E-state index contributed by atoms with van der Waals surface area (Å²) in [5.74, 6) is 1.19. The van der Waals surface area contributed by atoms with Crippen LogP contribution in [-0.2, 0) is 21.4 Å². The summed E-state index contributed by atoms with van der Waals surface area (Å²) in [6.07, 6.45) is 0. The number of rotatable bonds is 5. The van der Waals surface area contributed by atoms with Crippen LogP contribution in [0.25, 0.3) is 0 Å². The zero-order chi connectivity index (χ0) is 16.3. The highest BCUT2D eigenvalue weighted by molar-refractivity contribution is 7.89. The Bertz CT molecular complexity index is 748. The molecular formula is C15H18N2O5S. The molecule has 1 aromatic carbocycles. The van der Waals surface area contributed by atoms with E-state index in [-0.39, 0.29) is 11.5 Å². The zero-order valence-corrected chi connectivity index (χ0v) is 13.6. The molecule has 1 aromatic heterocycles. The van der Waals surface area contributed by atoms with Crippen molar-refractivity contribution in [3.8, 4) is 5.75 Å². The van der Waals surface area contributed by atoms with E-state index in [4.69, 9.17) is 14.0 Å². The second-order valence-corrected chi connectivity index (χ2v) is 7.15. The van der Waals surface area contributed by atoms with E-state index in [1.165, 1.54) is 4.31 Å². The Morgan fingerprint density at radius 2 is 1.91 bits per heavy atom. The number of ether oxygens (including phenoxy) is 2. The van der Waals surface area contributed by atoms with Crippen molar-refractivity contribution in [2.24, 2.45) is 0 Å². The highest BCUT2D eigenvalue weighted by Gasteiger charge is 2.26. The first-order valence-electron chi connectivity index (χ1n) is 7.29. The summed E-state index contributed by atoms with van der Waals surface area (Å²) < 4.78 is 42.2. The lowest BCUT2D eigenvalue weighted by Gasteiger charge is -2.26. The quantitative estimate of drug-likeness (QED) is 0.823. The number of aryl methyl sites for hydroxylation is 1. The van der Waals surface area contributed by atoms with Crippen LogP contribution in [0.2, 0.25) is 0 Å². The van der Waals surface area contributed by atoms with Gasteiger partial charge in [0, 0.05) is 19.2 Å². The van der Waals surface area contributed by atoms with Crippen molar-refractivity contribution < 1.29 is 22.4 Å². The van der Waals surface area contributed by atoms with Gasteiger partial charge in [-0.2, -0.15) is 4.31 Å². The fraction of sp³-hybridized carbons (Fsp3) is 0.400. The van der Waals surface area contributed by atoms with Gasteiger partial charge in [0.05, 0.1) is 23.8 Å². The topological polar surface area (TPSA) is 81.9 Å². The van der Waals surface area contributed by atoms with E-state index in [9.17, 15) is 8.42 Å². The van der Waals surface area contributed by atoms with Crippen LogP contribution in [0.1, 0.15) is 11.5 Å². The molecule has 0 spiro atoms. The molecule has 2 aromatic rings. The molecule has 7 nitrogen and oxygen atoms in total. The second-order valence-electron chi connectivity index (χ2n) is 5.21. The molecule has 0 atom stereocenters. The second kappa shape index (κ2) is 6.69. The minimum Gasteiger partial charge on any atom is -0.486 e. The molecule has 8 heteroatoms. The van der Waals surface area contributed by atoms with Crippen molar-refractivity contribution in [1.82, 2.24) is 9.46 Å². The molecule has 0 bridgehead atoms. The molecule has 2 heterocycles. The molecule has 0 unspecified atom stereocenters. The third-order valence-corrected chi connectivity index (χ3v) is 5.40. The standard InChI is InChI=1S/C15H18N2O5S/c1-12-10-14(22-16-12)11-21-13-2-4-15(5-3-13)23(18,19)17-6-8-20-9-7-17/h2-5,10H,6-9,11H2,1H3. The van der Waals surface area contributed by atoms with E-state index in [0.29, 0.717) is 37.8 Å². The predicted molar refractivity (Wildman–Crippen MR) is 81.6 cm³/mol. The van der Waals surface area contributed by atoms with Crippen LogP contribution >= 0.6 is 0 Å². The average molecular weight is 338 g/mol. The number of benzene rings is 1. The van der Waals surface area contributed by atoms with Gasteiger partial charge in [0.15, 0.2) is 5.76 Å². The number of sulfonamides is 1. The molecule has 1 saturated heterocycles. The fourth-order valence-corrected chi connectivity index (χ4v) is 3.69. The average Bonchev–Trinajstić information content (AvgIpc) is 3.00. The Morgan fingerprint density at radius 3 is 2.52 bits per heavy atom. The van der Waals surface area contributed by atoms with Crippen LogP contribution in [0.4, 0.5) is 0 Å². The van der Waals surface area contributed by atoms with E-state index in [0.717, 1.165) is 5.69 Å². The van der Waals surface area contributed by atoms with Crippen molar-refractivity contribution in [2.75, 3.05) is 26.3 Å². The van der Waals surface area contributed by atoms with Crippen LogP contribution in [0, 0.1) is 6.92 Å². The van der Waals surface area contributed by atoms with Gasteiger partial charge in [0.1, 0.15) is 12.4 Å². The maximum absolute atomic E-state index is 12.5. The van der Waals surface area contributed by atoms with Crippen LogP contribution in [-0.4, -0.2) is 44.2 Å². The number of aromatic nitrogens is 1. The summed E-state index contributed by atoms with van der Waals surface area (Å²) in [6, 6.07) is 8.15. The Morgan fingerprint density at radius 1 is 1.22 bits per heavy atom. The van der Waals surface area contributed by atoms with Gasteiger partial charge in [-0.25, -0.2) is 8.42 Å². The maximum atomic E-state index is 12.5. The Labute approximate surface area is 134 Å². The smallest absolute Gasteiger partial charge is 0.243 e. The first-order valence-corrected chi connectivity index (χ1v) is 8.73. The summed E-state index contributed by atoms with van der Waals surface area (Å²) in [6.45, 7) is 3.69. The number of hydrogen-bond acceptors (Lipinski definition) is 6. The van der Waals surface area contributed by atoms with Crippen LogP contribution in [0.3, 0.4) is 0 Å². The van der Waals surface area contributed by atoms with Crippen molar-refractivity contribution in [3.63, 3.8) is 0 Å². The Balaban J connectivity index is 1.66. The van der Waals surface area contributed by atoms with Gasteiger partial charge in [-0.1, -0.05) is 5.16 Å². The van der Waals surface area contributed by atoms with E-state index >= 15 is 0 Å². The molecule has 124 valence electrons. The molecule has 0 N–H and O–H groups in total. The molecule has 0 amide bonds. The molecule has 0 aliphatic carbocycles. The summed E-state index contributed by atoms with van der Waals surface area (Å²) in [5.41, 5.74) is 0.788. The van der Waals surface area contributed by atoms with E-state index in [1.54, 1.807) is 30.3 Å². The molecule has 1 aliphatic heterocycles. The summed E-state index contributed by atoms with van der Waals surface area (Å²) in [4.78, 5) is 0.252. The van der Waals surface area contributed by atoms with E-state index in [2.05, 4.69) is 5.16 Å². The molecular weight excluding hydrogens is 320 g/mol. The highest BCUT2D eigenvalue weighted by Crippen LogP contribution is 2.21. The third kappa shape index (κ3) is 3.72. The van der Waals surface area contributed by atoms with E-state index in [1.807, 2.05) is 6.92 Å². The minimum atomic E-state index is -3.47. The van der Waals surface area contributed by atoms with Gasteiger partial charge in [-0.05, 0) is 31.2 Å². The van der Waals surface area contributed by atoms with Gasteiger partial charge in [0.25, 0.3) is 0 Å². The first-order chi connectivity index (χ1) is 11.1. The molecule has 1 fully saturated rings. The highest BCUT2D eigenvalue weighted by atomic mass is 32.2. The van der Waals surface area contributed by atoms with Gasteiger partial charge in [0.2, 0.25) is 10.0 Å². The normalized spacial score (nSPS) is 16.4. The van der Waals surface area contributed by atoms with Gasteiger partial charge >= 0.3 is 0 Å². The fourth-order valence-electron chi connectivity index (χ4n) is 2.28. The number of morpholine rings is 1. The Hall–Kier alpha value is -1.90. The molecule has 1 aliphatic rings. The third-order valence-electron chi connectivity index (χ3n) is 3.49. The summed E-state index contributed by atoms with van der Waals surface area (Å²) in [5, 5.41) is 3.78. The van der Waals surface area contributed by atoms with Crippen molar-refractivity contribution in [3.05, 3.63) is 41.8 Å². The predicted octanol–water partition coefficient (Wildman–Crippen LogP) is 1.58. The molecule has 0 saturated carbocycles. The summed E-state index contributed by atoms with van der Waals surface area (Å²) >= 11 is 0. The zero-order valence-electron chi connectivity index (χ0n) is 12.8. The van der Waals surface area contributed by atoms with Gasteiger partial charge in [-0.3, -0.25) is 0 Å². The Kier molecular flexibility index (Phi) is 4.65. The lowest BCUT2D eigenvalue weighted by atomic mass is 10.3.